The molecule has 1 saturated carbocycles. The minimum Gasteiger partial charge on any atom is -0.307 e. The normalized spacial score (nSPS) is 34.3. The summed E-state index contributed by atoms with van der Waals surface area (Å²) in [6.45, 7) is 4.81. The smallest absolute Gasteiger partial charge is 0.0328 e. The summed E-state index contributed by atoms with van der Waals surface area (Å²) in [4.78, 5) is 0. The molecule has 0 heterocycles. The minimum atomic E-state index is 0.579. The molecule has 0 amide bonds. The van der Waals surface area contributed by atoms with Crippen LogP contribution in [0, 0.1) is 11.8 Å². The summed E-state index contributed by atoms with van der Waals surface area (Å²) in [5.74, 6) is 1.76. The Morgan fingerprint density at radius 2 is 1.84 bits per heavy atom. The quantitative estimate of drug-likeness (QED) is 0.821. The van der Waals surface area contributed by atoms with Crippen molar-refractivity contribution in [2.45, 2.75) is 58.0 Å². The summed E-state index contributed by atoms with van der Waals surface area (Å²) in [7, 11) is 0. The zero-order valence-corrected chi connectivity index (χ0v) is 13.5. The van der Waals surface area contributed by atoms with Gasteiger partial charge in [0.05, 0.1) is 0 Å². The van der Waals surface area contributed by atoms with E-state index in [9.17, 15) is 0 Å². The van der Waals surface area contributed by atoms with E-state index in [1.807, 2.05) is 0 Å². The molecule has 1 aromatic rings. The molecule has 0 bridgehead atoms. The first-order valence-electron chi connectivity index (χ1n) is 7.67. The summed E-state index contributed by atoms with van der Waals surface area (Å²) in [5.41, 5.74) is 3.05. The van der Waals surface area contributed by atoms with Gasteiger partial charge in [-0.05, 0) is 61.1 Å². The van der Waals surface area contributed by atoms with E-state index in [-0.39, 0.29) is 0 Å². The van der Waals surface area contributed by atoms with E-state index in [1.165, 1.54) is 47.7 Å². The Balaban J connectivity index is 1.71. The van der Waals surface area contributed by atoms with Gasteiger partial charge in [0.15, 0.2) is 0 Å². The standard InChI is InChI=1S/C17H24BrN/c1-11-8-12(2)10-13(9-11)19-17-7-6-14-15(17)4-3-5-16(14)18/h3-5,11-13,17,19H,6-10H2,1-2H3. The Bertz CT molecular complexity index is 447. The molecular formula is C17H24BrN. The van der Waals surface area contributed by atoms with Gasteiger partial charge in [0.25, 0.3) is 0 Å². The Morgan fingerprint density at radius 1 is 1.11 bits per heavy atom. The lowest BCUT2D eigenvalue weighted by Crippen LogP contribution is -2.38. The highest BCUT2D eigenvalue weighted by molar-refractivity contribution is 9.10. The van der Waals surface area contributed by atoms with Gasteiger partial charge in [-0.2, -0.15) is 0 Å². The fourth-order valence-electron chi connectivity index (χ4n) is 4.15. The number of hydrogen-bond acceptors (Lipinski definition) is 1. The molecule has 1 fully saturated rings. The van der Waals surface area contributed by atoms with Crippen LogP contribution in [0.2, 0.25) is 0 Å². The van der Waals surface area contributed by atoms with Crippen LogP contribution in [0.5, 0.6) is 0 Å². The second kappa shape index (κ2) is 5.57. The third kappa shape index (κ3) is 2.90. The predicted octanol–water partition coefficient (Wildman–Crippen LogP) is 4.85. The topological polar surface area (TPSA) is 12.0 Å². The molecule has 0 aliphatic heterocycles. The zero-order valence-electron chi connectivity index (χ0n) is 12.0. The highest BCUT2D eigenvalue weighted by atomic mass is 79.9. The molecule has 0 radical (unpaired) electrons. The highest BCUT2D eigenvalue weighted by Crippen LogP contribution is 2.37. The molecule has 1 aromatic carbocycles. The largest absolute Gasteiger partial charge is 0.307 e. The monoisotopic (exact) mass is 321 g/mol. The summed E-state index contributed by atoms with van der Waals surface area (Å²) in [5, 5.41) is 3.94. The second-order valence-corrected chi connectivity index (χ2v) is 7.53. The van der Waals surface area contributed by atoms with Crippen LogP contribution in [0.25, 0.3) is 0 Å². The molecule has 104 valence electrons. The highest BCUT2D eigenvalue weighted by Gasteiger charge is 2.29. The molecule has 0 spiro atoms. The van der Waals surface area contributed by atoms with Crippen LogP contribution in [-0.2, 0) is 6.42 Å². The number of fused-ring (bicyclic) bond motifs is 1. The molecule has 1 nitrogen and oxygen atoms in total. The maximum absolute atomic E-state index is 3.94. The Hall–Kier alpha value is -0.340. The SMILES string of the molecule is CC1CC(C)CC(NC2CCc3c(Br)cccc32)C1. The molecule has 3 rings (SSSR count). The van der Waals surface area contributed by atoms with Crippen molar-refractivity contribution in [3.8, 4) is 0 Å². The summed E-state index contributed by atoms with van der Waals surface area (Å²) >= 11 is 3.69. The Kier molecular flexibility index (Phi) is 4.00. The van der Waals surface area contributed by atoms with Crippen molar-refractivity contribution in [3.05, 3.63) is 33.8 Å². The molecule has 2 aliphatic carbocycles. The second-order valence-electron chi connectivity index (χ2n) is 6.68. The van der Waals surface area contributed by atoms with Crippen molar-refractivity contribution in [2.75, 3.05) is 0 Å². The van der Waals surface area contributed by atoms with Gasteiger partial charge >= 0.3 is 0 Å². The van der Waals surface area contributed by atoms with Gasteiger partial charge in [-0.3, -0.25) is 0 Å². The van der Waals surface area contributed by atoms with Gasteiger partial charge in [0, 0.05) is 16.6 Å². The van der Waals surface area contributed by atoms with E-state index in [0.717, 1.165) is 11.8 Å². The third-order valence-electron chi connectivity index (χ3n) is 4.83. The summed E-state index contributed by atoms with van der Waals surface area (Å²) in [6, 6.07) is 7.95. The average Bonchev–Trinajstić information content (AvgIpc) is 2.73. The van der Waals surface area contributed by atoms with Crippen molar-refractivity contribution in [1.82, 2.24) is 5.32 Å². The molecule has 1 N–H and O–H groups in total. The number of nitrogens with one attached hydrogen (secondary N) is 1. The third-order valence-corrected chi connectivity index (χ3v) is 5.57. The Morgan fingerprint density at radius 3 is 2.58 bits per heavy atom. The van der Waals surface area contributed by atoms with Gasteiger partial charge in [0.1, 0.15) is 0 Å². The lowest BCUT2D eigenvalue weighted by molar-refractivity contribution is 0.225. The molecule has 0 aromatic heterocycles. The lowest BCUT2D eigenvalue weighted by atomic mass is 9.80. The number of hydrogen-bond donors (Lipinski definition) is 1. The number of rotatable bonds is 2. The molecule has 0 saturated heterocycles. The van der Waals surface area contributed by atoms with E-state index in [2.05, 4.69) is 53.3 Å². The van der Waals surface area contributed by atoms with Crippen LogP contribution < -0.4 is 5.32 Å². The lowest BCUT2D eigenvalue weighted by Gasteiger charge is -2.34. The van der Waals surface area contributed by atoms with Gasteiger partial charge in [-0.1, -0.05) is 41.9 Å². The summed E-state index contributed by atoms with van der Waals surface area (Å²) in [6.07, 6.45) is 6.59. The van der Waals surface area contributed by atoms with Gasteiger partial charge in [-0.15, -0.1) is 0 Å². The fraction of sp³-hybridized carbons (Fsp3) is 0.647. The maximum Gasteiger partial charge on any atom is 0.0328 e. The van der Waals surface area contributed by atoms with Crippen molar-refractivity contribution in [2.24, 2.45) is 11.8 Å². The van der Waals surface area contributed by atoms with E-state index in [4.69, 9.17) is 0 Å². The van der Waals surface area contributed by atoms with Crippen LogP contribution in [0.15, 0.2) is 22.7 Å². The number of halogens is 1. The Labute approximate surface area is 125 Å². The first-order chi connectivity index (χ1) is 9.13. The van der Waals surface area contributed by atoms with Crippen molar-refractivity contribution < 1.29 is 0 Å². The van der Waals surface area contributed by atoms with Gasteiger partial charge < -0.3 is 5.32 Å². The van der Waals surface area contributed by atoms with E-state index >= 15 is 0 Å². The van der Waals surface area contributed by atoms with Crippen molar-refractivity contribution >= 4 is 15.9 Å². The van der Waals surface area contributed by atoms with Crippen LogP contribution in [0.1, 0.15) is 56.7 Å². The molecule has 2 heteroatoms. The first kappa shape index (κ1) is 13.6. The van der Waals surface area contributed by atoms with Gasteiger partial charge in [0.2, 0.25) is 0 Å². The van der Waals surface area contributed by atoms with Crippen molar-refractivity contribution in [1.29, 1.82) is 0 Å². The first-order valence-corrected chi connectivity index (χ1v) is 8.46. The molecule has 19 heavy (non-hydrogen) atoms. The van der Waals surface area contributed by atoms with Crippen LogP contribution >= 0.6 is 15.9 Å². The van der Waals surface area contributed by atoms with Crippen LogP contribution in [0.4, 0.5) is 0 Å². The molecule has 2 aliphatic rings. The van der Waals surface area contributed by atoms with E-state index in [0.29, 0.717) is 12.1 Å². The molecular weight excluding hydrogens is 298 g/mol. The minimum absolute atomic E-state index is 0.579. The van der Waals surface area contributed by atoms with E-state index < -0.39 is 0 Å². The van der Waals surface area contributed by atoms with Crippen LogP contribution in [0.3, 0.4) is 0 Å². The molecule has 3 unspecified atom stereocenters. The van der Waals surface area contributed by atoms with Crippen LogP contribution in [-0.4, -0.2) is 6.04 Å². The maximum atomic E-state index is 3.94. The number of benzene rings is 1. The summed E-state index contributed by atoms with van der Waals surface area (Å²) < 4.78 is 1.29. The fourth-order valence-corrected chi connectivity index (χ4v) is 4.73. The van der Waals surface area contributed by atoms with Crippen molar-refractivity contribution in [3.63, 3.8) is 0 Å². The van der Waals surface area contributed by atoms with E-state index in [1.54, 1.807) is 0 Å². The predicted molar refractivity (Wildman–Crippen MR) is 84.3 cm³/mol. The zero-order chi connectivity index (χ0) is 13.4. The molecule has 3 atom stereocenters. The van der Waals surface area contributed by atoms with Gasteiger partial charge in [-0.25, -0.2) is 0 Å². The average molecular weight is 322 g/mol.